The quantitative estimate of drug-likeness (QED) is 0.594. The highest BCUT2D eigenvalue weighted by Crippen LogP contribution is 2.38. The van der Waals surface area contributed by atoms with Gasteiger partial charge < -0.3 is 10.8 Å². The predicted octanol–water partition coefficient (Wildman–Crippen LogP) is 0.589. The van der Waals surface area contributed by atoms with Crippen LogP contribution in [-0.4, -0.2) is 16.6 Å². The van der Waals surface area contributed by atoms with Crippen LogP contribution in [0.4, 0.5) is 0 Å². The van der Waals surface area contributed by atoms with Crippen molar-refractivity contribution in [2.45, 2.75) is 31.7 Å². The molecule has 0 heterocycles. The molecule has 0 aromatic carbocycles. The lowest BCUT2D eigenvalue weighted by atomic mass is 9.66. The van der Waals surface area contributed by atoms with E-state index in [-0.39, 0.29) is 6.42 Å². The van der Waals surface area contributed by atoms with E-state index in [4.69, 9.17) is 10.8 Å². The van der Waals surface area contributed by atoms with E-state index in [1.807, 2.05) is 6.92 Å². The van der Waals surface area contributed by atoms with E-state index < -0.39 is 11.5 Å². The Morgan fingerprint density at radius 3 is 2.60 bits per heavy atom. The third kappa shape index (κ3) is 1.14. The minimum atomic E-state index is -0.783. The number of aliphatic carboxylic acids is 1. The summed E-state index contributed by atoms with van der Waals surface area (Å²) in [6, 6.07) is 0. The molecule has 58 valence electrons. The van der Waals surface area contributed by atoms with Crippen molar-refractivity contribution < 1.29 is 9.90 Å². The van der Waals surface area contributed by atoms with Crippen molar-refractivity contribution >= 4 is 5.97 Å². The molecule has 0 saturated heterocycles. The molecular weight excluding hydrogens is 130 g/mol. The Morgan fingerprint density at radius 1 is 1.90 bits per heavy atom. The van der Waals surface area contributed by atoms with Gasteiger partial charge in [0.25, 0.3) is 0 Å². The molecule has 1 aliphatic carbocycles. The molecule has 0 amide bonds. The number of hydrogen-bond donors (Lipinski definition) is 2. The molecule has 0 bridgehead atoms. The smallest absolute Gasteiger partial charge is 0.305 e. The lowest BCUT2D eigenvalue weighted by Crippen LogP contribution is -2.54. The molecule has 3 heteroatoms. The summed E-state index contributed by atoms with van der Waals surface area (Å²) in [5, 5.41) is 8.45. The average Bonchev–Trinajstić information content (AvgIpc) is 1.84. The van der Waals surface area contributed by atoms with Gasteiger partial charge in [0.15, 0.2) is 0 Å². The van der Waals surface area contributed by atoms with Gasteiger partial charge in [0, 0.05) is 5.54 Å². The monoisotopic (exact) mass is 143 g/mol. The summed E-state index contributed by atoms with van der Waals surface area (Å²) >= 11 is 0. The number of nitrogens with two attached hydrogens (primary N) is 1. The van der Waals surface area contributed by atoms with Crippen LogP contribution in [0.25, 0.3) is 0 Å². The molecule has 0 aromatic rings. The fourth-order valence-corrected chi connectivity index (χ4v) is 1.35. The fraction of sp³-hybridized carbons (Fsp3) is 0.857. The Hall–Kier alpha value is -0.570. The van der Waals surface area contributed by atoms with E-state index >= 15 is 0 Å². The summed E-state index contributed by atoms with van der Waals surface area (Å²) in [6.45, 7) is 2.01. The van der Waals surface area contributed by atoms with Crippen LogP contribution in [-0.2, 0) is 4.79 Å². The van der Waals surface area contributed by atoms with Gasteiger partial charge in [-0.2, -0.15) is 0 Å². The molecule has 0 aliphatic heterocycles. The van der Waals surface area contributed by atoms with E-state index in [0.29, 0.717) is 5.92 Å². The Morgan fingerprint density at radius 2 is 2.50 bits per heavy atom. The lowest BCUT2D eigenvalue weighted by Gasteiger charge is -2.44. The molecule has 3 nitrogen and oxygen atoms in total. The standard InChI is InChI=1S/C7H13NO2/c1-5-2-3-7(5,8)4-6(9)10/h5H,2-4,8H2,1H3,(H,9,10). The molecule has 1 aliphatic rings. The maximum absolute atomic E-state index is 10.3. The second kappa shape index (κ2) is 2.23. The number of carbonyl (C=O) groups is 1. The molecule has 10 heavy (non-hydrogen) atoms. The first kappa shape index (κ1) is 7.54. The van der Waals surface area contributed by atoms with Crippen LogP contribution < -0.4 is 5.73 Å². The van der Waals surface area contributed by atoms with Crippen molar-refractivity contribution in [2.75, 3.05) is 0 Å². The first-order chi connectivity index (χ1) is 4.54. The lowest BCUT2D eigenvalue weighted by molar-refractivity contribution is -0.140. The van der Waals surface area contributed by atoms with Gasteiger partial charge in [-0.3, -0.25) is 4.79 Å². The van der Waals surface area contributed by atoms with Crippen LogP contribution in [0.3, 0.4) is 0 Å². The molecule has 0 aromatic heterocycles. The van der Waals surface area contributed by atoms with Gasteiger partial charge in [0.2, 0.25) is 0 Å². The highest BCUT2D eigenvalue weighted by atomic mass is 16.4. The average molecular weight is 143 g/mol. The van der Waals surface area contributed by atoms with Crippen molar-refractivity contribution in [3.8, 4) is 0 Å². The number of carboxylic acid groups (broad SMARTS) is 1. The maximum Gasteiger partial charge on any atom is 0.305 e. The third-order valence-electron chi connectivity index (χ3n) is 2.50. The Bertz CT molecular complexity index is 158. The summed E-state index contributed by atoms with van der Waals surface area (Å²) in [5.74, 6) is -0.405. The fourth-order valence-electron chi connectivity index (χ4n) is 1.35. The van der Waals surface area contributed by atoms with Gasteiger partial charge in [-0.05, 0) is 18.8 Å². The van der Waals surface area contributed by atoms with Crippen LogP contribution >= 0.6 is 0 Å². The number of carboxylic acids is 1. The summed E-state index contributed by atoms with van der Waals surface area (Å²) in [7, 11) is 0. The van der Waals surface area contributed by atoms with Crippen molar-refractivity contribution in [1.29, 1.82) is 0 Å². The molecule has 1 fully saturated rings. The van der Waals surface area contributed by atoms with Crippen LogP contribution in [0, 0.1) is 5.92 Å². The van der Waals surface area contributed by atoms with Gasteiger partial charge in [0.1, 0.15) is 0 Å². The van der Waals surface area contributed by atoms with Crippen LogP contribution in [0.15, 0.2) is 0 Å². The molecule has 2 atom stereocenters. The minimum Gasteiger partial charge on any atom is -0.481 e. The molecule has 1 rings (SSSR count). The molecule has 1 saturated carbocycles. The summed E-state index contributed by atoms with van der Waals surface area (Å²) in [4.78, 5) is 10.3. The van der Waals surface area contributed by atoms with Crippen LogP contribution in [0.2, 0.25) is 0 Å². The number of hydrogen-bond acceptors (Lipinski definition) is 2. The first-order valence-electron chi connectivity index (χ1n) is 3.55. The van der Waals surface area contributed by atoms with Crippen molar-refractivity contribution in [2.24, 2.45) is 11.7 Å². The molecule has 2 unspecified atom stereocenters. The van der Waals surface area contributed by atoms with Crippen LogP contribution in [0.1, 0.15) is 26.2 Å². The Kier molecular flexibility index (Phi) is 1.68. The van der Waals surface area contributed by atoms with Gasteiger partial charge in [-0.25, -0.2) is 0 Å². The van der Waals surface area contributed by atoms with Crippen LogP contribution in [0.5, 0.6) is 0 Å². The number of rotatable bonds is 2. The molecular formula is C7H13NO2. The largest absolute Gasteiger partial charge is 0.481 e. The van der Waals surface area contributed by atoms with E-state index in [1.54, 1.807) is 0 Å². The first-order valence-corrected chi connectivity index (χ1v) is 3.55. The van der Waals surface area contributed by atoms with E-state index in [9.17, 15) is 4.79 Å². The highest BCUT2D eigenvalue weighted by molar-refractivity contribution is 5.68. The van der Waals surface area contributed by atoms with Gasteiger partial charge in [-0.15, -0.1) is 0 Å². The topological polar surface area (TPSA) is 63.3 Å². The van der Waals surface area contributed by atoms with Gasteiger partial charge >= 0.3 is 5.97 Å². The minimum absolute atomic E-state index is 0.119. The van der Waals surface area contributed by atoms with Gasteiger partial charge in [-0.1, -0.05) is 6.92 Å². The zero-order valence-electron chi connectivity index (χ0n) is 6.13. The summed E-state index contributed by atoms with van der Waals surface area (Å²) < 4.78 is 0. The molecule has 3 N–H and O–H groups in total. The normalized spacial score (nSPS) is 38.8. The Labute approximate surface area is 60.2 Å². The second-order valence-corrected chi connectivity index (χ2v) is 3.24. The van der Waals surface area contributed by atoms with E-state index in [1.165, 1.54) is 0 Å². The van der Waals surface area contributed by atoms with Crippen molar-refractivity contribution in [3.05, 3.63) is 0 Å². The van der Waals surface area contributed by atoms with Crippen molar-refractivity contribution in [3.63, 3.8) is 0 Å². The predicted molar refractivity (Wildman–Crippen MR) is 37.6 cm³/mol. The van der Waals surface area contributed by atoms with E-state index in [2.05, 4.69) is 0 Å². The Balaban J connectivity index is 2.45. The zero-order valence-corrected chi connectivity index (χ0v) is 6.13. The van der Waals surface area contributed by atoms with Gasteiger partial charge in [0.05, 0.1) is 6.42 Å². The maximum atomic E-state index is 10.3. The summed E-state index contributed by atoms with van der Waals surface area (Å²) in [6.07, 6.45) is 2.05. The van der Waals surface area contributed by atoms with Crippen molar-refractivity contribution in [1.82, 2.24) is 0 Å². The highest BCUT2D eigenvalue weighted by Gasteiger charge is 2.41. The summed E-state index contributed by atoms with van der Waals surface area (Å²) in [5.41, 5.74) is 5.37. The molecule has 0 radical (unpaired) electrons. The third-order valence-corrected chi connectivity index (χ3v) is 2.50. The zero-order chi connectivity index (χ0) is 7.78. The SMILES string of the molecule is CC1CCC1(N)CC(=O)O. The molecule has 0 spiro atoms. The van der Waals surface area contributed by atoms with E-state index in [0.717, 1.165) is 12.8 Å². The second-order valence-electron chi connectivity index (χ2n) is 3.24.